The zero-order chi connectivity index (χ0) is 25.9. The summed E-state index contributed by atoms with van der Waals surface area (Å²) in [6, 6.07) is 0. The molecular formula is C13H19N2O16P3-4. The van der Waals surface area contributed by atoms with Gasteiger partial charge in [0.05, 0.1) is 27.6 Å². The van der Waals surface area contributed by atoms with Gasteiger partial charge in [-0.15, -0.1) is 0 Å². The maximum atomic E-state index is 12.2. The molecule has 1 aromatic heterocycles. The first-order valence-corrected chi connectivity index (χ1v) is 13.4. The molecule has 2 rings (SSSR count). The summed E-state index contributed by atoms with van der Waals surface area (Å²) in [5, 5.41) is 10.5. The van der Waals surface area contributed by atoms with Gasteiger partial charge in [-0.05, 0) is 6.92 Å². The Labute approximate surface area is 190 Å². The van der Waals surface area contributed by atoms with E-state index in [0.29, 0.717) is 0 Å². The topological polar surface area (TPSA) is 274 Å². The third-order valence-corrected chi connectivity index (χ3v) is 7.79. The highest BCUT2D eigenvalue weighted by atomic mass is 31.3. The van der Waals surface area contributed by atoms with Gasteiger partial charge >= 0.3 is 5.69 Å². The van der Waals surface area contributed by atoms with E-state index in [4.69, 9.17) is 14.2 Å². The maximum Gasteiger partial charge on any atom is 0.330 e. The molecule has 0 spiro atoms. The van der Waals surface area contributed by atoms with Crippen molar-refractivity contribution in [2.45, 2.75) is 31.5 Å². The van der Waals surface area contributed by atoms with Crippen LogP contribution in [0, 0.1) is 6.92 Å². The third-order valence-electron chi connectivity index (χ3n) is 4.13. The van der Waals surface area contributed by atoms with E-state index in [-0.39, 0.29) is 18.8 Å². The van der Waals surface area contributed by atoms with E-state index in [2.05, 4.69) is 13.1 Å². The van der Waals surface area contributed by atoms with Gasteiger partial charge in [0.2, 0.25) is 0 Å². The van der Waals surface area contributed by atoms with Crippen LogP contribution in [0.3, 0.4) is 0 Å². The molecule has 2 N–H and O–H groups in total. The Bertz CT molecular complexity index is 1110. The molecule has 2 unspecified atom stereocenters. The summed E-state index contributed by atoms with van der Waals surface area (Å²) in [4.78, 5) is 69.6. The highest BCUT2D eigenvalue weighted by Crippen LogP contribution is 2.60. The molecule has 196 valence electrons. The van der Waals surface area contributed by atoms with Crippen molar-refractivity contribution in [1.82, 2.24) is 9.55 Å². The van der Waals surface area contributed by atoms with Gasteiger partial charge in [0.15, 0.2) is 6.23 Å². The van der Waals surface area contributed by atoms with Gasteiger partial charge in [-0.2, -0.15) is 0 Å². The van der Waals surface area contributed by atoms with E-state index in [1.54, 1.807) is 0 Å². The van der Waals surface area contributed by atoms with Gasteiger partial charge in [0, 0.05) is 18.9 Å². The molecule has 0 aliphatic carbocycles. The van der Waals surface area contributed by atoms with Crippen LogP contribution in [-0.4, -0.2) is 59.9 Å². The fourth-order valence-electron chi connectivity index (χ4n) is 2.75. The summed E-state index contributed by atoms with van der Waals surface area (Å²) < 4.78 is 60.7. The zero-order valence-corrected chi connectivity index (χ0v) is 20.1. The van der Waals surface area contributed by atoms with E-state index >= 15 is 0 Å². The lowest BCUT2D eigenvalue weighted by atomic mass is 10.1. The second-order valence-corrected chi connectivity index (χ2v) is 10.9. The van der Waals surface area contributed by atoms with E-state index in [1.165, 1.54) is 14.0 Å². The summed E-state index contributed by atoms with van der Waals surface area (Å²) in [6.45, 7) is 0.222. The Morgan fingerprint density at radius 3 is 2.35 bits per heavy atom. The number of H-pyrrole nitrogens is 1. The van der Waals surface area contributed by atoms with Crippen molar-refractivity contribution < 1.29 is 65.7 Å². The molecule has 34 heavy (non-hydrogen) atoms. The Morgan fingerprint density at radius 2 is 1.76 bits per heavy atom. The quantitative estimate of drug-likeness (QED) is 0.184. The SMILES string of the molecule is COCCO[C@@H]1[C@H](O)[C@@H](COP(=O)([O-])OP(=O)([O-])OP(=O)([O-])[O-])O[C@H]1n1cc(C)c(=O)[nH]c1=O. The van der Waals surface area contributed by atoms with Crippen molar-refractivity contribution in [3.63, 3.8) is 0 Å². The molecule has 6 atom stereocenters. The van der Waals surface area contributed by atoms with Crippen molar-refractivity contribution >= 4 is 23.5 Å². The predicted octanol–water partition coefficient (Wildman–Crippen LogP) is -4.05. The smallest absolute Gasteiger partial charge is 0.330 e. The Morgan fingerprint density at radius 1 is 1.12 bits per heavy atom. The van der Waals surface area contributed by atoms with Crippen LogP contribution < -0.4 is 30.8 Å². The first-order valence-electron chi connectivity index (χ1n) is 9.03. The lowest BCUT2D eigenvalue weighted by Gasteiger charge is -2.37. The fraction of sp³-hybridized carbons (Fsp3) is 0.692. The van der Waals surface area contributed by atoms with Crippen LogP contribution in [0.4, 0.5) is 0 Å². The number of ether oxygens (including phenoxy) is 3. The molecule has 2 heterocycles. The number of phosphoric ester groups is 1. The molecule has 0 saturated carbocycles. The minimum atomic E-state index is -6.18. The zero-order valence-electron chi connectivity index (χ0n) is 17.4. The van der Waals surface area contributed by atoms with Crippen molar-refractivity contribution in [2.75, 3.05) is 26.9 Å². The van der Waals surface area contributed by atoms with Gasteiger partial charge in [0.25, 0.3) is 21.2 Å². The molecule has 0 radical (unpaired) electrons. The number of aryl methyl sites for hydroxylation is 1. The average Bonchev–Trinajstić information content (AvgIpc) is 2.96. The minimum absolute atomic E-state index is 0.0579. The summed E-state index contributed by atoms with van der Waals surface area (Å²) in [7, 11) is -16.8. The van der Waals surface area contributed by atoms with Gasteiger partial charge in [-0.25, -0.2) is 9.11 Å². The number of hydrogen-bond donors (Lipinski definition) is 2. The van der Waals surface area contributed by atoms with Crippen molar-refractivity contribution in [3.05, 3.63) is 32.6 Å². The van der Waals surface area contributed by atoms with Crippen LogP contribution in [0.1, 0.15) is 11.8 Å². The number of aromatic nitrogens is 2. The number of aliphatic hydroxyl groups is 1. The predicted molar refractivity (Wildman–Crippen MR) is 98.5 cm³/mol. The average molecular weight is 552 g/mol. The van der Waals surface area contributed by atoms with Gasteiger partial charge in [-0.1, -0.05) is 0 Å². The second kappa shape index (κ2) is 11.3. The lowest BCUT2D eigenvalue weighted by molar-refractivity contribution is -0.339. The van der Waals surface area contributed by atoms with E-state index in [0.717, 1.165) is 10.8 Å². The van der Waals surface area contributed by atoms with Gasteiger partial charge in [0.1, 0.15) is 18.3 Å². The third kappa shape index (κ3) is 8.26. The van der Waals surface area contributed by atoms with Crippen LogP contribution in [0.2, 0.25) is 0 Å². The Kier molecular flexibility index (Phi) is 9.72. The lowest BCUT2D eigenvalue weighted by Crippen LogP contribution is -2.40. The van der Waals surface area contributed by atoms with Crippen LogP contribution in [-0.2, 0) is 41.1 Å². The molecule has 18 nitrogen and oxygen atoms in total. The van der Waals surface area contributed by atoms with Crippen LogP contribution in [0.5, 0.6) is 0 Å². The summed E-state index contributed by atoms with van der Waals surface area (Å²) in [5.74, 6) is 0. The van der Waals surface area contributed by atoms with Gasteiger partial charge in [-0.3, -0.25) is 27.8 Å². The fourth-order valence-corrected chi connectivity index (χ4v) is 5.62. The second-order valence-electron chi connectivity index (χ2n) is 6.66. The Hall–Kier alpha value is -1.07. The molecule has 1 aliphatic heterocycles. The number of hydrogen-bond acceptors (Lipinski definition) is 16. The molecule has 1 aromatic rings. The molecule has 21 heteroatoms. The molecular weight excluding hydrogens is 533 g/mol. The number of methoxy groups -OCH3 is 1. The molecule has 0 aromatic carbocycles. The standard InChI is InChI=1S/C13H23N2O16P3/c1-7-5-15(13(18)14-11(7)17)12-10(27-4-3-26-2)9(16)8(29-12)6-28-33(22,23)31-34(24,25)30-32(19,20)21/h5,8-10,12,16H,3-4,6H2,1-2H3,(H,22,23)(H,24,25)(H,14,17,18)(H2,19,20,21)/p-4/t8-,9-,10-,12-/m1/s1. The normalized spacial score (nSPS) is 26.8. The largest absolute Gasteiger partial charge is 0.790 e. The first-order chi connectivity index (χ1) is 15.6. The monoisotopic (exact) mass is 552 g/mol. The highest BCUT2D eigenvalue weighted by molar-refractivity contribution is 7.64. The summed E-state index contributed by atoms with van der Waals surface area (Å²) in [5.41, 5.74) is -1.55. The minimum Gasteiger partial charge on any atom is -0.790 e. The number of aliphatic hydroxyl groups excluding tert-OH is 1. The van der Waals surface area contributed by atoms with Crippen LogP contribution in [0.25, 0.3) is 0 Å². The van der Waals surface area contributed by atoms with Crippen molar-refractivity contribution in [2.24, 2.45) is 0 Å². The van der Waals surface area contributed by atoms with Gasteiger partial charge < -0.3 is 48.0 Å². The number of nitrogens with one attached hydrogen (secondary N) is 1. The highest BCUT2D eigenvalue weighted by Gasteiger charge is 2.46. The van der Waals surface area contributed by atoms with Crippen LogP contribution in [0.15, 0.2) is 15.8 Å². The number of rotatable bonds is 12. The van der Waals surface area contributed by atoms with Crippen LogP contribution >= 0.6 is 23.5 Å². The van der Waals surface area contributed by atoms with Crippen molar-refractivity contribution in [3.8, 4) is 0 Å². The number of nitrogens with zero attached hydrogens (tertiary/aromatic N) is 1. The Balaban J connectivity index is 2.20. The summed E-state index contributed by atoms with van der Waals surface area (Å²) >= 11 is 0. The van der Waals surface area contributed by atoms with E-state index < -0.39 is 65.9 Å². The molecule has 0 bridgehead atoms. The van der Waals surface area contributed by atoms with E-state index in [1.807, 2.05) is 4.98 Å². The van der Waals surface area contributed by atoms with E-state index in [9.17, 15) is 48.0 Å². The molecule has 1 saturated heterocycles. The van der Waals surface area contributed by atoms with Crippen molar-refractivity contribution in [1.29, 1.82) is 0 Å². The maximum absolute atomic E-state index is 12.2. The molecule has 0 amide bonds. The molecule has 1 aliphatic rings. The molecule has 1 fully saturated rings. The first kappa shape index (κ1) is 29.2. The number of phosphoric acid groups is 3. The number of aromatic amines is 1. The summed E-state index contributed by atoms with van der Waals surface area (Å²) in [6.07, 6.45) is -4.86.